The van der Waals surface area contributed by atoms with E-state index in [1.165, 1.54) is 11.6 Å². The second-order valence-electron chi connectivity index (χ2n) is 5.01. The van der Waals surface area contributed by atoms with Gasteiger partial charge in [0.15, 0.2) is 0 Å². The molecule has 112 valence electrons. The maximum absolute atomic E-state index is 13.8. The summed E-state index contributed by atoms with van der Waals surface area (Å²) in [5.74, 6) is -0.195. The van der Waals surface area contributed by atoms with Crippen LogP contribution in [0.4, 0.5) is 10.1 Å². The van der Waals surface area contributed by atoms with Gasteiger partial charge in [-0.15, -0.1) is 0 Å². The first-order valence-electron chi connectivity index (χ1n) is 7.05. The molecule has 0 heterocycles. The third kappa shape index (κ3) is 4.29. The van der Waals surface area contributed by atoms with Crippen LogP contribution in [0.1, 0.15) is 18.1 Å². The van der Waals surface area contributed by atoms with Crippen LogP contribution >= 0.6 is 15.9 Å². The van der Waals surface area contributed by atoms with Crippen molar-refractivity contribution in [2.75, 3.05) is 18.5 Å². The Bertz CT molecular complexity index is 601. The Labute approximate surface area is 134 Å². The topological polar surface area (TPSA) is 15.3 Å². The number of anilines is 1. The van der Waals surface area contributed by atoms with Gasteiger partial charge in [0.25, 0.3) is 0 Å². The van der Waals surface area contributed by atoms with Crippen molar-refractivity contribution in [3.63, 3.8) is 0 Å². The summed E-state index contributed by atoms with van der Waals surface area (Å²) >= 11 is 3.61. The minimum Gasteiger partial charge on any atom is -0.368 e. The molecule has 4 heteroatoms. The first-order valence-corrected chi connectivity index (χ1v) is 7.84. The smallest absolute Gasteiger partial charge is 0.146 e. The van der Waals surface area contributed by atoms with Crippen LogP contribution in [0.3, 0.4) is 0 Å². The van der Waals surface area contributed by atoms with Gasteiger partial charge in [0.1, 0.15) is 5.82 Å². The lowest BCUT2D eigenvalue weighted by atomic mass is 10.1. The quantitative estimate of drug-likeness (QED) is 0.833. The van der Waals surface area contributed by atoms with Crippen molar-refractivity contribution >= 4 is 21.6 Å². The van der Waals surface area contributed by atoms with E-state index in [-0.39, 0.29) is 5.82 Å². The highest BCUT2D eigenvalue weighted by Gasteiger charge is 2.09. The van der Waals surface area contributed by atoms with Crippen molar-refractivity contribution in [3.8, 4) is 0 Å². The fourth-order valence-electron chi connectivity index (χ4n) is 2.20. The highest BCUT2D eigenvalue weighted by molar-refractivity contribution is 9.10. The number of benzene rings is 2. The zero-order chi connectivity index (χ0) is 15.2. The van der Waals surface area contributed by atoms with E-state index in [2.05, 4.69) is 46.4 Å². The number of nitrogens with zero attached hydrogens (tertiary/aromatic N) is 1. The van der Waals surface area contributed by atoms with Gasteiger partial charge in [-0.3, -0.25) is 0 Å². The second-order valence-corrected chi connectivity index (χ2v) is 5.87. The number of rotatable bonds is 6. The molecule has 1 N–H and O–H groups in total. The molecular weight excluding hydrogens is 331 g/mol. The van der Waals surface area contributed by atoms with Crippen LogP contribution in [0.15, 0.2) is 46.9 Å². The van der Waals surface area contributed by atoms with Gasteiger partial charge in [-0.2, -0.15) is 0 Å². The molecule has 0 spiro atoms. The molecule has 0 unspecified atom stereocenters. The van der Waals surface area contributed by atoms with E-state index in [0.717, 1.165) is 23.1 Å². The SMILES string of the molecule is CCNCc1ccc(CN(C)c2ccccc2F)c(Br)c1. The summed E-state index contributed by atoms with van der Waals surface area (Å²) in [6.45, 7) is 4.56. The monoisotopic (exact) mass is 350 g/mol. The summed E-state index contributed by atoms with van der Waals surface area (Å²) < 4.78 is 14.8. The molecule has 0 saturated carbocycles. The first kappa shape index (κ1) is 16.0. The Kier molecular flexibility index (Phi) is 5.76. The molecule has 0 radical (unpaired) electrons. The van der Waals surface area contributed by atoms with E-state index in [0.29, 0.717) is 12.2 Å². The molecule has 2 rings (SSSR count). The molecule has 0 aliphatic rings. The van der Waals surface area contributed by atoms with Crippen LogP contribution in [0.25, 0.3) is 0 Å². The minimum atomic E-state index is -0.195. The fraction of sp³-hybridized carbons (Fsp3) is 0.294. The van der Waals surface area contributed by atoms with E-state index < -0.39 is 0 Å². The minimum absolute atomic E-state index is 0.195. The van der Waals surface area contributed by atoms with E-state index >= 15 is 0 Å². The van der Waals surface area contributed by atoms with E-state index in [9.17, 15) is 4.39 Å². The number of halogens is 2. The van der Waals surface area contributed by atoms with Crippen LogP contribution in [0, 0.1) is 5.82 Å². The predicted molar refractivity (Wildman–Crippen MR) is 90.0 cm³/mol. The number of hydrogen-bond acceptors (Lipinski definition) is 2. The molecule has 2 nitrogen and oxygen atoms in total. The highest BCUT2D eigenvalue weighted by atomic mass is 79.9. The largest absolute Gasteiger partial charge is 0.368 e. The highest BCUT2D eigenvalue weighted by Crippen LogP contribution is 2.24. The molecule has 0 fully saturated rings. The normalized spacial score (nSPS) is 10.7. The van der Waals surface area contributed by atoms with Gasteiger partial charge in [-0.1, -0.05) is 47.1 Å². The van der Waals surface area contributed by atoms with Crippen LogP contribution < -0.4 is 10.2 Å². The molecule has 2 aromatic carbocycles. The first-order chi connectivity index (χ1) is 10.1. The molecule has 0 aliphatic heterocycles. The van der Waals surface area contributed by atoms with Gasteiger partial charge in [-0.25, -0.2) is 4.39 Å². The zero-order valence-corrected chi connectivity index (χ0v) is 14.0. The molecule has 0 aliphatic carbocycles. The zero-order valence-electron chi connectivity index (χ0n) is 12.4. The average molecular weight is 351 g/mol. The van der Waals surface area contributed by atoms with Crippen molar-refractivity contribution in [1.82, 2.24) is 5.32 Å². The van der Waals surface area contributed by atoms with Gasteiger partial charge >= 0.3 is 0 Å². The van der Waals surface area contributed by atoms with Crippen molar-refractivity contribution in [2.24, 2.45) is 0 Å². The van der Waals surface area contributed by atoms with Gasteiger partial charge in [0.05, 0.1) is 5.69 Å². The van der Waals surface area contributed by atoms with Crippen LogP contribution in [0.2, 0.25) is 0 Å². The average Bonchev–Trinajstić information content (AvgIpc) is 2.48. The third-order valence-electron chi connectivity index (χ3n) is 3.37. The lowest BCUT2D eigenvalue weighted by Gasteiger charge is -2.21. The summed E-state index contributed by atoms with van der Waals surface area (Å²) in [4.78, 5) is 1.92. The van der Waals surface area contributed by atoms with Crippen molar-refractivity contribution in [2.45, 2.75) is 20.0 Å². The standard InChI is InChI=1S/C17H20BrFN2/c1-3-20-11-13-8-9-14(15(18)10-13)12-21(2)17-7-5-4-6-16(17)19/h4-10,20H,3,11-12H2,1-2H3. The molecule has 0 aromatic heterocycles. The summed E-state index contributed by atoms with van der Waals surface area (Å²) in [6.07, 6.45) is 0. The van der Waals surface area contributed by atoms with E-state index in [4.69, 9.17) is 0 Å². The van der Waals surface area contributed by atoms with Crippen LogP contribution in [-0.4, -0.2) is 13.6 Å². The second kappa shape index (κ2) is 7.57. The molecule has 0 bridgehead atoms. The Morgan fingerprint density at radius 3 is 2.62 bits per heavy atom. The lowest BCUT2D eigenvalue weighted by molar-refractivity contribution is 0.622. The molecule has 2 aromatic rings. The number of para-hydroxylation sites is 1. The van der Waals surface area contributed by atoms with Gasteiger partial charge in [-0.05, 0) is 35.9 Å². The summed E-state index contributed by atoms with van der Waals surface area (Å²) in [6, 6.07) is 13.2. The van der Waals surface area contributed by atoms with Crippen molar-refractivity contribution in [1.29, 1.82) is 0 Å². The third-order valence-corrected chi connectivity index (χ3v) is 4.11. The summed E-state index contributed by atoms with van der Waals surface area (Å²) in [5, 5.41) is 3.30. The number of hydrogen-bond donors (Lipinski definition) is 1. The van der Waals surface area contributed by atoms with E-state index in [1.54, 1.807) is 12.1 Å². The van der Waals surface area contributed by atoms with Gasteiger partial charge < -0.3 is 10.2 Å². The Morgan fingerprint density at radius 2 is 1.95 bits per heavy atom. The predicted octanol–water partition coefficient (Wildman–Crippen LogP) is 4.33. The molecule has 0 amide bonds. The summed E-state index contributed by atoms with van der Waals surface area (Å²) in [7, 11) is 1.90. The van der Waals surface area contributed by atoms with Gasteiger partial charge in [0.2, 0.25) is 0 Å². The molecule has 0 saturated heterocycles. The molecule has 0 atom stereocenters. The Morgan fingerprint density at radius 1 is 1.19 bits per heavy atom. The van der Waals surface area contributed by atoms with Crippen molar-refractivity contribution in [3.05, 3.63) is 63.9 Å². The maximum atomic E-state index is 13.8. The van der Waals surface area contributed by atoms with Gasteiger partial charge in [0, 0.05) is 24.6 Å². The Hall–Kier alpha value is -1.39. The van der Waals surface area contributed by atoms with Crippen molar-refractivity contribution < 1.29 is 4.39 Å². The van der Waals surface area contributed by atoms with Crippen LogP contribution in [0.5, 0.6) is 0 Å². The maximum Gasteiger partial charge on any atom is 0.146 e. The van der Waals surface area contributed by atoms with E-state index in [1.807, 2.05) is 18.0 Å². The fourth-order valence-corrected chi connectivity index (χ4v) is 2.75. The summed E-state index contributed by atoms with van der Waals surface area (Å²) in [5.41, 5.74) is 2.99. The number of nitrogens with one attached hydrogen (secondary N) is 1. The Balaban J connectivity index is 2.11. The lowest BCUT2D eigenvalue weighted by Crippen LogP contribution is -2.18. The molecule has 21 heavy (non-hydrogen) atoms. The molecular formula is C17H20BrFN2. The van der Waals surface area contributed by atoms with Crippen LogP contribution in [-0.2, 0) is 13.1 Å².